The van der Waals surface area contributed by atoms with Gasteiger partial charge in [-0.2, -0.15) is 5.10 Å². The minimum absolute atomic E-state index is 0.0639. The van der Waals surface area contributed by atoms with Crippen LogP contribution in [0.3, 0.4) is 0 Å². The molecule has 0 saturated heterocycles. The number of hydrogen-bond donors (Lipinski definition) is 0. The van der Waals surface area contributed by atoms with Crippen molar-refractivity contribution in [2.45, 2.75) is 6.54 Å². The molecule has 2 aromatic carbocycles. The largest absolute Gasteiger partial charge is 0.308 e. The minimum atomic E-state index is -0.0639. The van der Waals surface area contributed by atoms with Gasteiger partial charge in [0.25, 0.3) is 5.91 Å². The van der Waals surface area contributed by atoms with Gasteiger partial charge < -0.3 is 4.57 Å². The van der Waals surface area contributed by atoms with E-state index in [0.29, 0.717) is 18.1 Å². The van der Waals surface area contributed by atoms with Gasteiger partial charge in [0.2, 0.25) is 5.95 Å². The van der Waals surface area contributed by atoms with Crippen molar-refractivity contribution in [3.63, 3.8) is 0 Å². The van der Waals surface area contributed by atoms with E-state index in [1.165, 1.54) is 0 Å². The summed E-state index contributed by atoms with van der Waals surface area (Å²) >= 11 is 0. The molecule has 6 nitrogen and oxygen atoms in total. The number of rotatable bonds is 2. The van der Waals surface area contributed by atoms with Crippen LogP contribution in [0.15, 0.2) is 60.8 Å². The van der Waals surface area contributed by atoms with Crippen LogP contribution in [-0.4, -0.2) is 31.8 Å². The second-order valence-corrected chi connectivity index (χ2v) is 6.41. The summed E-state index contributed by atoms with van der Waals surface area (Å²) in [7, 11) is 1.86. The third-order valence-electron chi connectivity index (χ3n) is 4.88. The summed E-state index contributed by atoms with van der Waals surface area (Å²) in [6.45, 7) is 1.37. The molecule has 4 aromatic rings. The molecule has 2 aromatic heterocycles. The molecule has 128 valence electrons. The van der Waals surface area contributed by atoms with E-state index in [9.17, 15) is 4.79 Å². The molecule has 1 aliphatic heterocycles. The van der Waals surface area contributed by atoms with Crippen LogP contribution in [0.2, 0.25) is 0 Å². The average molecular weight is 343 g/mol. The molecule has 0 atom stereocenters. The average Bonchev–Trinajstić information content (AvgIpc) is 3.35. The molecule has 0 aliphatic carbocycles. The summed E-state index contributed by atoms with van der Waals surface area (Å²) in [6, 6.07) is 17.9. The summed E-state index contributed by atoms with van der Waals surface area (Å²) in [6.07, 6.45) is 1.65. The number of anilines is 1. The van der Waals surface area contributed by atoms with Gasteiger partial charge >= 0.3 is 0 Å². The minimum Gasteiger partial charge on any atom is -0.308 e. The number of carbonyl (C=O) groups excluding carboxylic acids is 1. The highest BCUT2D eigenvalue weighted by Crippen LogP contribution is 2.30. The van der Waals surface area contributed by atoms with Crippen LogP contribution in [0, 0.1) is 0 Å². The zero-order valence-corrected chi connectivity index (χ0v) is 14.3. The van der Waals surface area contributed by atoms with E-state index in [-0.39, 0.29) is 5.91 Å². The highest BCUT2D eigenvalue weighted by atomic mass is 16.2. The molecule has 6 heteroatoms. The molecular formula is C20H17N5O. The summed E-state index contributed by atoms with van der Waals surface area (Å²) in [5.74, 6) is 0.644. The van der Waals surface area contributed by atoms with E-state index in [2.05, 4.69) is 14.6 Å². The van der Waals surface area contributed by atoms with Crippen molar-refractivity contribution < 1.29 is 4.79 Å². The Bertz CT molecular complexity index is 1130. The van der Waals surface area contributed by atoms with Crippen LogP contribution in [0.4, 0.5) is 5.95 Å². The van der Waals surface area contributed by atoms with Gasteiger partial charge in [0, 0.05) is 25.7 Å². The first kappa shape index (κ1) is 14.9. The fraction of sp³-hybridized carbons (Fsp3) is 0.150. The Hall–Kier alpha value is -3.41. The van der Waals surface area contributed by atoms with E-state index < -0.39 is 0 Å². The van der Waals surface area contributed by atoms with Gasteiger partial charge in [0.15, 0.2) is 0 Å². The van der Waals surface area contributed by atoms with Gasteiger partial charge in [-0.3, -0.25) is 14.4 Å². The lowest BCUT2D eigenvalue weighted by molar-refractivity contribution is 0.0989. The van der Waals surface area contributed by atoms with Crippen LogP contribution in [0.25, 0.3) is 22.3 Å². The zero-order chi connectivity index (χ0) is 17.7. The van der Waals surface area contributed by atoms with Crippen LogP contribution in [0.1, 0.15) is 10.4 Å². The number of fused-ring (bicyclic) bond motifs is 3. The number of para-hydroxylation sites is 2. The molecule has 0 spiro atoms. The molecular weight excluding hydrogens is 326 g/mol. The van der Waals surface area contributed by atoms with Crippen molar-refractivity contribution in [2.75, 3.05) is 11.4 Å². The lowest BCUT2D eigenvalue weighted by atomic mass is 10.1. The van der Waals surface area contributed by atoms with Crippen LogP contribution in [-0.2, 0) is 13.6 Å². The summed E-state index contributed by atoms with van der Waals surface area (Å²) in [4.78, 5) is 19.7. The fourth-order valence-corrected chi connectivity index (χ4v) is 3.66. The predicted molar refractivity (Wildman–Crippen MR) is 100 cm³/mol. The Kier molecular flexibility index (Phi) is 3.18. The Morgan fingerprint density at radius 1 is 1.00 bits per heavy atom. The molecule has 3 heterocycles. The second-order valence-electron chi connectivity index (χ2n) is 6.41. The molecule has 5 rings (SSSR count). The molecule has 0 saturated carbocycles. The number of carbonyl (C=O) groups is 1. The molecule has 0 unspecified atom stereocenters. The van der Waals surface area contributed by atoms with Gasteiger partial charge in [-0.1, -0.05) is 42.5 Å². The predicted octanol–water partition coefficient (Wildman–Crippen LogP) is 3.10. The van der Waals surface area contributed by atoms with E-state index in [1.54, 1.807) is 15.8 Å². The molecule has 1 amide bonds. The Morgan fingerprint density at radius 2 is 1.77 bits per heavy atom. The lowest BCUT2D eigenvalue weighted by Crippen LogP contribution is -2.29. The highest BCUT2D eigenvalue weighted by molar-refractivity contribution is 6.09. The van der Waals surface area contributed by atoms with Gasteiger partial charge in [0.1, 0.15) is 0 Å². The first-order valence-electron chi connectivity index (χ1n) is 8.58. The monoisotopic (exact) mass is 343 g/mol. The van der Waals surface area contributed by atoms with Crippen LogP contribution < -0.4 is 4.90 Å². The van der Waals surface area contributed by atoms with Gasteiger partial charge in [-0.05, 0) is 12.1 Å². The molecule has 26 heavy (non-hydrogen) atoms. The fourth-order valence-electron chi connectivity index (χ4n) is 3.66. The number of amides is 1. The van der Waals surface area contributed by atoms with Crippen molar-refractivity contribution in [1.82, 2.24) is 19.3 Å². The van der Waals surface area contributed by atoms with Gasteiger partial charge in [-0.15, -0.1) is 0 Å². The third-order valence-corrected chi connectivity index (χ3v) is 4.88. The number of imidazole rings is 1. The summed E-state index contributed by atoms with van der Waals surface area (Å²) < 4.78 is 3.85. The summed E-state index contributed by atoms with van der Waals surface area (Å²) in [5, 5.41) is 4.33. The van der Waals surface area contributed by atoms with Crippen LogP contribution in [0.5, 0.6) is 0 Å². The van der Waals surface area contributed by atoms with Gasteiger partial charge in [-0.25, -0.2) is 4.98 Å². The maximum Gasteiger partial charge on any atom is 0.264 e. The standard InChI is InChI=1S/C20H17N5O/c1-23-18(14-7-3-2-4-8-14)15(13-21-23)19(26)25-12-11-24-17-10-6-5-9-16(17)22-20(24)25/h2-10,13H,11-12H2,1H3. The normalized spacial score (nSPS) is 13.3. The van der Waals surface area contributed by atoms with E-state index in [0.717, 1.165) is 28.8 Å². The first-order chi connectivity index (χ1) is 12.7. The van der Waals surface area contributed by atoms with Crippen LogP contribution >= 0.6 is 0 Å². The Labute approximate surface area is 150 Å². The van der Waals surface area contributed by atoms with E-state index in [4.69, 9.17) is 0 Å². The number of aryl methyl sites for hydroxylation is 1. The third kappa shape index (κ3) is 2.08. The zero-order valence-electron chi connectivity index (χ0n) is 14.3. The number of nitrogens with zero attached hydrogens (tertiary/aromatic N) is 5. The number of hydrogen-bond acceptors (Lipinski definition) is 3. The second kappa shape index (κ2) is 5.56. The van der Waals surface area contributed by atoms with Crippen molar-refractivity contribution in [3.05, 3.63) is 66.4 Å². The molecule has 0 fully saturated rings. The van der Waals surface area contributed by atoms with E-state index >= 15 is 0 Å². The Morgan fingerprint density at radius 3 is 2.62 bits per heavy atom. The highest BCUT2D eigenvalue weighted by Gasteiger charge is 2.31. The van der Waals surface area contributed by atoms with Crippen molar-refractivity contribution in [1.29, 1.82) is 0 Å². The summed E-state index contributed by atoms with van der Waals surface area (Å²) in [5.41, 5.74) is 4.37. The molecule has 0 bridgehead atoms. The van der Waals surface area contributed by atoms with E-state index in [1.807, 2.05) is 61.6 Å². The van der Waals surface area contributed by atoms with Crippen molar-refractivity contribution >= 4 is 22.9 Å². The number of benzene rings is 2. The topological polar surface area (TPSA) is 56.0 Å². The smallest absolute Gasteiger partial charge is 0.264 e. The maximum atomic E-state index is 13.3. The number of aromatic nitrogens is 4. The quantitative estimate of drug-likeness (QED) is 0.562. The molecule has 0 radical (unpaired) electrons. The lowest BCUT2D eigenvalue weighted by Gasteiger charge is -2.14. The van der Waals surface area contributed by atoms with Gasteiger partial charge in [0.05, 0.1) is 28.5 Å². The molecule has 0 N–H and O–H groups in total. The van der Waals surface area contributed by atoms with Crippen molar-refractivity contribution in [3.8, 4) is 11.3 Å². The first-order valence-corrected chi connectivity index (χ1v) is 8.58. The molecule has 1 aliphatic rings. The SMILES string of the molecule is Cn1ncc(C(=O)N2CCn3c2nc2ccccc23)c1-c1ccccc1. The Balaban J connectivity index is 1.60. The van der Waals surface area contributed by atoms with Crippen molar-refractivity contribution in [2.24, 2.45) is 7.05 Å². The maximum absolute atomic E-state index is 13.3.